The Hall–Kier alpha value is -1.60. The lowest BCUT2D eigenvalue weighted by Gasteiger charge is -2.36. The Morgan fingerprint density at radius 3 is 2.11 bits per heavy atom. The number of nitrogens with one attached hydrogen (secondary N) is 1. The topological polar surface area (TPSA) is 67.8 Å². The molecule has 7 heteroatoms. The van der Waals surface area contributed by atoms with Gasteiger partial charge in [0.1, 0.15) is 5.82 Å². The molecule has 1 aliphatic rings. The van der Waals surface area contributed by atoms with Crippen LogP contribution in [0.25, 0.3) is 0 Å². The second kappa shape index (κ2) is 7.34. The number of halogens is 1. The van der Waals surface area contributed by atoms with Gasteiger partial charge < -0.3 is 19.7 Å². The van der Waals surface area contributed by atoms with Crippen molar-refractivity contribution in [2.75, 3.05) is 6.54 Å². The molecule has 156 valence electrons. The first-order valence-corrected chi connectivity index (χ1v) is 9.69. The zero-order chi connectivity index (χ0) is 21.5. The summed E-state index contributed by atoms with van der Waals surface area (Å²) in [6.07, 6.45) is -0.498. The first-order valence-electron chi connectivity index (χ1n) is 9.69. The van der Waals surface area contributed by atoms with Gasteiger partial charge in [0.05, 0.1) is 11.2 Å². The Kier molecular flexibility index (Phi) is 5.95. The normalized spacial score (nSPS) is 20.7. The molecular formula is C21H33BFNO4. The molecule has 1 heterocycles. The van der Waals surface area contributed by atoms with Crippen molar-refractivity contribution in [1.29, 1.82) is 0 Å². The lowest BCUT2D eigenvalue weighted by atomic mass is 9.69. The van der Waals surface area contributed by atoms with E-state index in [1.165, 1.54) is 6.07 Å². The van der Waals surface area contributed by atoms with Crippen molar-refractivity contribution in [1.82, 2.24) is 5.32 Å². The van der Waals surface area contributed by atoms with Crippen LogP contribution in [0.3, 0.4) is 0 Å². The summed E-state index contributed by atoms with van der Waals surface area (Å²) >= 11 is 0. The number of benzene rings is 1. The van der Waals surface area contributed by atoms with Gasteiger partial charge in [-0.25, -0.2) is 9.18 Å². The Bertz CT molecular complexity index is 728. The van der Waals surface area contributed by atoms with E-state index in [1.54, 1.807) is 6.07 Å². The summed E-state index contributed by atoms with van der Waals surface area (Å²) in [5, 5.41) is 11.5. The van der Waals surface area contributed by atoms with E-state index >= 15 is 4.39 Å². The van der Waals surface area contributed by atoms with Gasteiger partial charge >= 0.3 is 13.2 Å². The predicted molar refractivity (Wildman–Crippen MR) is 110 cm³/mol. The number of carbonyl (C=O) groups is 1. The molecule has 0 saturated carbocycles. The molecule has 0 aromatic heterocycles. The van der Waals surface area contributed by atoms with E-state index in [9.17, 15) is 4.79 Å². The highest BCUT2D eigenvalue weighted by Crippen LogP contribution is 2.39. The van der Waals surface area contributed by atoms with Crippen molar-refractivity contribution >= 4 is 18.7 Å². The van der Waals surface area contributed by atoms with Crippen LogP contribution in [0.1, 0.15) is 67.4 Å². The minimum absolute atomic E-state index is 0.105. The quantitative estimate of drug-likeness (QED) is 0.740. The fourth-order valence-electron chi connectivity index (χ4n) is 3.84. The molecule has 1 atom stereocenters. The van der Waals surface area contributed by atoms with Crippen molar-refractivity contribution < 1.29 is 23.6 Å². The molecule has 5 nitrogen and oxygen atoms in total. The van der Waals surface area contributed by atoms with Crippen LogP contribution in [-0.2, 0) is 14.7 Å². The molecule has 1 fully saturated rings. The highest BCUT2D eigenvalue weighted by Gasteiger charge is 2.52. The van der Waals surface area contributed by atoms with Gasteiger partial charge in [-0.3, -0.25) is 0 Å². The van der Waals surface area contributed by atoms with Crippen LogP contribution in [0.2, 0.25) is 0 Å². The second-order valence-corrected chi connectivity index (χ2v) is 10.3. The van der Waals surface area contributed by atoms with Gasteiger partial charge in [-0.1, -0.05) is 39.8 Å². The minimum Gasteiger partial charge on any atom is -0.465 e. The first kappa shape index (κ1) is 22.7. The molecule has 0 aliphatic carbocycles. The SMILES string of the molecule is CC(C)(C)CC(C)(CNC(=O)O)c1ccc(B2OC(C)(C)C(C)(C)O2)cc1F. The Morgan fingerprint density at radius 1 is 1.14 bits per heavy atom. The predicted octanol–water partition coefficient (Wildman–Crippen LogP) is 4.09. The molecule has 1 aromatic rings. The van der Waals surface area contributed by atoms with Crippen LogP contribution in [0, 0.1) is 11.2 Å². The fourth-order valence-corrected chi connectivity index (χ4v) is 3.84. The fraction of sp³-hybridized carbons (Fsp3) is 0.667. The van der Waals surface area contributed by atoms with Crippen LogP contribution in [0.5, 0.6) is 0 Å². The molecule has 2 N–H and O–H groups in total. The maximum absolute atomic E-state index is 15.2. The number of rotatable bonds is 5. The Balaban J connectivity index is 2.36. The first-order chi connectivity index (χ1) is 12.6. The third kappa shape index (κ3) is 4.87. The van der Waals surface area contributed by atoms with Crippen molar-refractivity contribution in [3.63, 3.8) is 0 Å². The zero-order valence-corrected chi connectivity index (χ0v) is 18.3. The summed E-state index contributed by atoms with van der Waals surface area (Å²) in [4.78, 5) is 11.0. The minimum atomic E-state index is -1.12. The number of carboxylic acid groups (broad SMARTS) is 1. The van der Waals surface area contributed by atoms with Crippen molar-refractivity contribution in [3.8, 4) is 0 Å². The van der Waals surface area contributed by atoms with Crippen molar-refractivity contribution in [2.24, 2.45) is 5.41 Å². The van der Waals surface area contributed by atoms with Gasteiger partial charge in [0.2, 0.25) is 0 Å². The largest absolute Gasteiger partial charge is 0.494 e. The monoisotopic (exact) mass is 393 g/mol. The molecule has 28 heavy (non-hydrogen) atoms. The molecule has 0 radical (unpaired) electrons. The average Bonchev–Trinajstić information content (AvgIpc) is 2.71. The van der Waals surface area contributed by atoms with Crippen LogP contribution >= 0.6 is 0 Å². The maximum atomic E-state index is 15.2. The van der Waals surface area contributed by atoms with E-state index in [0.29, 0.717) is 17.4 Å². The lowest BCUT2D eigenvalue weighted by molar-refractivity contribution is 0.00578. The highest BCUT2D eigenvalue weighted by molar-refractivity contribution is 6.62. The van der Waals surface area contributed by atoms with Crippen LogP contribution in [0.15, 0.2) is 18.2 Å². The van der Waals surface area contributed by atoms with Crippen LogP contribution < -0.4 is 10.8 Å². The maximum Gasteiger partial charge on any atom is 0.494 e. The standard InChI is InChI=1S/C21H33BFNO4/c1-18(2,3)12-21(8,13-24-17(25)26)15-10-9-14(11-16(15)23)22-27-19(4,5)20(6,7)28-22/h9-11,24H,12-13H2,1-8H3,(H,25,26). The molecule has 1 aromatic carbocycles. The smallest absolute Gasteiger partial charge is 0.465 e. The van der Waals surface area contributed by atoms with Gasteiger partial charge in [0, 0.05) is 12.0 Å². The molecule has 1 saturated heterocycles. The number of hydrogen-bond donors (Lipinski definition) is 2. The van der Waals surface area contributed by atoms with Gasteiger partial charge in [0.25, 0.3) is 0 Å². The van der Waals surface area contributed by atoms with Gasteiger partial charge in [-0.05, 0) is 56.6 Å². The Labute approximate surface area is 168 Å². The van der Waals surface area contributed by atoms with Crippen molar-refractivity contribution in [3.05, 3.63) is 29.6 Å². The van der Waals surface area contributed by atoms with E-state index in [0.717, 1.165) is 0 Å². The second-order valence-electron chi connectivity index (χ2n) is 10.3. The summed E-state index contributed by atoms with van der Waals surface area (Å²) < 4.78 is 27.2. The summed E-state index contributed by atoms with van der Waals surface area (Å²) in [5.41, 5.74) is -0.695. The van der Waals surface area contributed by atoms with Crippen LogP contribution in [0.4, 0.5) is 9.18 Å². The zero-order valence-electron chi connectivity index (χ0n) is 18.3. The van der Waals surface area contributed by atoms with Gasteiger partial charge in [-0.2, -0.15) is 0 Å². The van der Waals surface area contributed by atoms with E-state index < -0.39 is 29.8 Å². The average molecular weight is 393 g/mol. The number of hydrogen-bond acceptors (Lipinski definition) is 3. The molecule has 1 aliphatic heterocycles. The van der Waals surface area contributed by atoms with Gasteiger partial charge in [-0.15, -0.1) is 0 Å². The summed E-state index contributed by atoms with van der Waals surface area (Å²) in [5.74, 6) is -0.383. The summed E-state index contributed by atoms with van der Waals surface area (Å²) in [6.45, 7) is 16.0. The van der Waals surface area contributed by atoms with E-state index in [4.69, 9.17) is 14.4 Å². The van der Waals surface area contributed by atoms with Crippen LogP contribution in [-0.4, -0.2) is 36.1 Å². The molecule has 2 rings (SSSR count). The van der Waals surface area contributed by atoms with E-state index in [2.05, 4.69) is 26.1 Å². The van der Waals surface area contributed by atoms with E-state index in [-0.39, 0.29) is 17.8 Å². The molecule has 1 amide bonds. The van der Waals surface area contributed by atoms with Crippen molar-refractivity contribution in [2.45, 2.75) is 78.4 Å². The lowest BCUT2D eigenvalue weighted by Crippen LogP contribution is -2.42. The molecular weight excluding hydrogens is 360 g/mol. The summed E-state index contributed by atoms with van der Waals surface area (Å²) in [7, 11) is -0.639. The highest BCUT2D eigenvalue weighted by atomic mass is 19.1. The molecule has 1 unspecified atom stereocenters. The van der Waals surface area contributed by atoms with E-state index in [1.807, 2.05) is 40.7 Å². The Morgan fingerprint density at radius 2 is 1.68 bits per heavy atom. The molecule has 0 bridgehead atoms. The van der Waals surface area contributed by atoms with Gasteiger partial charge in [0.15, 0.2) is 0 Å². The third-order valence-electron chi connectivity index (χ3n) is 5.72. The molecule has 0 spiro atoms. The number of amides is 1. The third-order valence-corrected chi connectivity index (χ3v) is 5.72. The summed E-state index contributed by atoms with van der Waals surface area (Å²) in [6, 6.07) is 4.98.